The van der Waals surface area contributed by atoms with Crippen LogP contribution in [0.4, 0.5) is 5.69 Å². The van der Waals surface area contributed by atoms with Gasteiger partial charge in [-0.05, 0) is 79.2 Å². The zero-order valence-electron chi connectivity index (χ0n) is 18.6. The second-order valence-corrected chi connectivity index (χ2v) is 8.21. The molecule has 0 fully saturated rings. The molecule has 1 aromatic heterocycles. The quantitative estimate of drug-likeness (QED) is 0.395. The van der Waals surface area contributed by atoms with Crippen LogP contribution in [-0.2, 0) is 6.54 Å². The van der Waals surface area contributed by atoms with Crippen molar-refractivity contribution in [2.75, 3.05) is 11.9 Å². The number of hydrogen-bond donors (Lipinski definition) is 3. The van der Waals surface area contributed by atoms with Gasteiger partial charge in [0.1, 0.15) is 11.5 Å². The summed E-state index contributed by atoms with van der Waals surface area (Å²) in [6.45, 7) is 5.17. The van der Waals surface area contributed by atoms with Crippen LogP contribution < -0.4 is 20.7 Å². The SMILES string of the molecule is CC(C)CCOc1cccc(C(=O)NC(=S)Nc2ccc(C(=O)NCc3ccco3)cc2)c1. The average molecular weight is 466 g/mol. The van der Waals surface area contributed by atoms with Crippen LogP contribution in [0, 0.1) is 5.92 Å². The van der Waals surface area contributed by atoms with Crippen molar-refractivity contribution in [3.05, 3.63) is 83.8 Å². The summed E-state index contributed by atoms with van der Waals surface area (Å²) in [5.74, 6) is 1.31. The maximum atomic E-state index is 12.5. The van der Waals surface area contributed by atoms with Crippen LogP contribution in [-0.4, -0.2) is 23.5 Å². The third-order valence-electron chi connectivity index (χ3n) is 4.70. The molecule has 172 valence electrons. The highest BCUT2D eigenvalue weighted by atomic mass is 32.1. The van der Waals surface area contributed by atoms with Gasteiger partial charge in [-0.2, -0.15) is 0 Å². The maximum absolute atomic E-state index is 12.5. The van der Waals surface area contributed by atoms with Crippen molar-refractivity contribution in [1.82, 2.24) is 10.6 Å². The Bertz CT molecular complexity index is 1080. The van der Waals surface area contributed by atoms with Gasteiger partial charge in [0, 0.05) is 16.8 Å². The summed E-state index contributed by atoms with van der Waals surface area (Å²) < 4.78 is 10.9. The minimum absolute atomic E-state index is 0.154. The largest absolute Gasteiger partial charge is 0.494 e. The number of thiocarbonyl (C=S) groups is 1. The third kappa shape index (κ3) is 7.76. The molecule has 0 unspecified atom stereocenters. The summed E-state index contributed by atoms with van der Waals surface area (Å²) in [5, 5.41) is 8.54. The maximum Gasteiger partial charge on any atom is 0.257 e. The lowest BCUT2D eigenvalue weighted by atomic mass is 10.1. The summed E-state index contributed by atoms with van der Waals surface area (Å²) >= 11 is 5.25. The predicted octanol–water partition coefficient (Wildman–Crippen LogP) is 4.76. The summed E-state index contributed by atoms with van der Waals surface area (Å²) in [7, 11) is 0. The molecule has 33 heavy (non-hydrogen) atoms. The molecule has 0 saturated carbocycles. The van der Waals surface area contributed by atoms with Crippen LogP contribution in [0.5, 0.6) is 5.75 Å². The van der Waals surface area contributed by atoms with Gasteiger partial charge in [0.25, 0.3) is 11.8 Å². The first-order valence-corrected chi connectivity index (χ1v) is 11.1. The molecular weight excluding hydrogens is 438 g/mol. The molecule has 7 nitrogen and oxygen atoms in total. The Kier molecular flexibility index (Phi) is 8.60. The lowest BCUT2D eigenvalue weighted by molar-refractivity contribution is 0.0946. The Hall–Kier alpha value is -3.65. The number of amides is 2. The van der Waals surface area contributed by atoms with Crippen LogP contribution in [0.1, 0.15) is 46.7 Å². The van der Waals surface area contributed by atoms with Gasteiger partial charge >= 0.3 is 0 Å². The van der Waals surface area contributed by atoms with E-state index in [4.69, 9.17) is 21.4 Å². The van der Waals surface area contributed by atoms with Crippen molar-refractivity contribution in [3.8, 4) is 5.75 Å². The normalized spacial score (nSPS) is 10.5. The first-order chi connectivity index (χ1) is 15.9. The minimum Gasteiger partial charge on any atom is -0.494 e. The van der Waals surface area contributed by atoms with Crippen molar-refractivity contribution >= 4 is 34.8 Å². The number of anilines is 1. The van der Waals surface area contributed by atoms with E-state index in [9.17, 15) is 9.59 Å². The summed E-state index contributed by atoms with van der Waals surface area (Å²) in [6, 6.07) is 17.3. The van der Waals surface area contributed by atoms with E-state index >= 15 is 0 Å². The molecule has 0 aliphatic heterocycles. The number of ether oxygens (including phenoxy) is 1. The standard InChI is InChI=1S/C25H27N3O4S/c1-17(2)12-14-32-21-6-3-5-19(15-21)24(30)28-25(33)27-20-10-8-18(9-11-20)23(29)26-16-22-7-4-13-31-22/h3-11,13,15,17H,12,14,16H2,1-2H3,(H,26,29)(H2,27,28,30,33). The van der Waals surface area contributed by atoms with Crippen LogP contribution in [0.25, 0.3) is 0 Å². The molecule has 1 heterocycles. The monoisotopic (exact) mass is 465 g/mol. The highest BCUT2D eigenvalue weighted by molar-refractivity contribution is 7.80. The zero-order valence-corrected chi connectivity index (χ0v) is 19.4. The second kappa shape index (κ2) is 11.8. The van der Waals surface area contributed by atoms with E-state index in [1.54, 1.807) is 60.9 Å². The number of carbonyl (C=O) groups excluding carboxylic acids is 2. The van der Waals surface area contributed by atoms with E-state index in [1.165, 1.54) is 0 Å². The van der Waals surface area contributed by atoms with E-state index in [0.29, 0.717) is 47.4 Å². The number of furan rings is 1. The van der Waals surface area contributed by atoms with Gasteiger partial charge < -0.3 is 19.8 Å². The number of nitrogens with one attached hydrogen (secondary N) is 3. The molecule has 2 aromatic carbocycles. The average Bonchev–Trinajstić information content (AvgIpc) is 3.31. The van der Waals surface area contributed by atoms with E-state index in [2.05, 4.69) is 29.8 Å². The van der Waals surface area contributed by atoms with Gasteiger partial charge in [-0.3, -0.25) is 14.9 Å². The lowest BCUT2D eigenvalue weighted by Gasteiger charge is -2.12. The number of rotatable bonds is 9. The van der Waals surface area contributed by atoms with Crippen LogP contribution in [0.3, 0.4) is 0 Å². The lowest BCUT2D eigenvalue weighted by Crippen LogP contribution is -2.34. The minimum atomic E-state index is -0.337. The fraction of sp³-hybridized carbons (Fsp3) is 0.240. The highest BCUT2D eigenvalue weighted by Crippen LogP contribution is 2.15. The molecule has 0 aliphatic carbocycles. The van der Waals surface area contributed by atoms with E-state index in [1.807, 2.05) is 6.07 Å². The Morgan fingerprint density at radius 1 is 1.00 bits per heavy atom. The van der Waals surface area contributed by atoms with Crippen molar-refractivity contribution in [3.63, 3.8) is 0 Å². The van der Waals surface area contributed by atoms with E-state index in [0.717, 1.165) is 6.42 Å². The van der Waals surface area contributed by atoms with Crippen molar-refractivity contribution < 1.29 is 18.7 Å². The second-order valence-electron chi connectivity index (χ2n) is 7.81. The summed E-state index contributed by atoms with van der Waals surface area (Å²) in [5.41, 5.74) is 1.59. The molecule has 0 saturated heterocycles. The van der Waals surface area contributed by atoms with Gasteiger partial charge in [-0.25, -0.2) is 0 Å². The predicted molar refractivity (Wildman–Crippen MR) is 131 cm³/mol. The smallest absolute Gasteiger partial charge is 0.257 e. The Morgan fingerprint density at radius 3 is 2.48 bits per heavy atom. The fourth-order valence-electron chi connectivity index (χ4n) is 2.86. The summed E-state index contributed by atoms with van der Waals surface area (Å²) in [6.07, 6.45) is 2.50. The molecule has 2 amide bonds. The number of benzene rings is 2. The number of carbonyl (C=O) groups is 2. The zero-order chi connectivity index (χ0) is 23.6. The molecule has 3 rings (SSSR count). The topological polar surface area (TPSA) is 92.6 Å². The number of hydrogen-bond acceptors (Lipinski definition) is 5. The Labute approximate surface area is 198 Å². The first-order valence-electron chi connectivity index (χ1n) is 10.7. The summed E-state index contributed by atoms with van der Waals surface area (Å²) in [4.78, 5) is 24.8. The highest BCUT2D eigenvalue weighted by Gasteiger charge is 2.10. The van der Waals surface area contributed by atoms with Gasteiger partial charge in [-0.15, -0.1) is 0 Å². The van der Waals surface area contributed by atoms with E-state index in [-0.39, 0.29) is 16.9 Å². The molecule has 3 aromatic rings. The van der Waals surface area contributed by atoms with Gasteiger partial charge in [0.05, 0.1) is 19.4 Å². The van der Waals surface area contributed by atoms with Crippen molar-refractivity contribution in [2.45, 2.75) is 26.8 Å². The molecule has 0 bridgehead atoms. The van der Waals surface area contributed by atoms with E-state index < -0.39 is 0 Å². The molecule has 0 atom stereocenters. The molecule has 8 heteroatoms. The molecular formula is C25H27N3O4S. The molecule has 0 radical (unpaired) electrons. The fourth-order valence-corrected chi connectivity index (χ4v) is 3.08. The molecule has 3 N–H and O–H groups in total. The van der Waals surface area contributed by atoms with Crippen molar-refractivity contribution in [1.29, 1.82) is 0 Å². The Balaban J connectivity index is 1.49. The van der Waals surface area contributed by atoms with Crippen LogP contribution >= 0.6 is 12.2 Å². The van der Waals surface area contributed by atoms with Crippen LogP contribution in [0.15, 0.2) is 71.3 Å². The molecule has 0 spiro atoms. The Morgan fingerprint density at radius 2 is 1.79 bits per heavy atom. The van der Waals surface area contributed by atoms with Gasteiger partial charge in [-0.1, -0.05) is 19.9 Å². The van der Waals surface area contributed by atoms with Gasteiger partial charge in [0.15, 0.2) is 5.11 Å². The first kappa shape index (κ1) is 24.0. The van der Waals surface area contributed by atoms with Crippen molar-refractivity contribution in [2.24, 2.45) is 5.92 Å². The third-order valence-corrected chi connectivity index (χ3v) is 4.90. The van der Waals surface area contributed by atoms with Gasteiger partial charge in [0.2, 0.25) is 0 Å². The van der Waals surface area contributed by atoms with Crippen LogP contribution in [0.2, 0.25) is 0 Å². The molecule has 0 aliphatic rings.